The zero-order valence-corrected chi connectivity index (χ0v) is 25.6. The molecule has 4 aromatic rings. The molecule has 0 saturated carbocycles. The van der Waals surface area contributed by atoms with Gasteiger partial charge in [0.1, 0.15) is 12.6 Å². The van der Waals surface area contributed by atoms with Crippen LogP contribution >= 0.6 is 15.9 Å². The molecule has 1 unspecified atom stereocenters. The van der Waals surface area contributed by atoms with Gasteiger partial charge in [0.15, 0.2) is 0 Å². The van der Waals surface area contributed by atoms with Crippen LogP contribution in [0.2, 0.25) is 0 Å². The lowest BCUT2D eigenvalue weighted by Crippen LogP contribution is -2.53. The Balaban J connectivity index is 1.81. The van der Waals surface area contributed by atoms with Crippen molar-refractivity contribution < 1.29 is 22.9 Å². The molecule has 0 aliphatic rings. The molecule has 0 bridgehead atoms. The van der Waals surface area contributed by atoms with E-state index in [0.717, 1.165) is 20.4 Å². The van der Waals surface area contributed by atoms with Crippen molar-refractivity contribution in [2.45, 2.75) is 23.9 Å². The van der Waals surface area contributed by atoms with Gasteiger partial charge in [0.05, 0.1) is 15.5 Å². The molecule has 4 aromatic carbocycles. The number of amides is 2. The number of sulfonamides is 1. The van der Waals surface area contributed by atoms with Crippen LogP contribution < -0.4 is 9.62 Å². The van der Waals surface area contributed by atoms with E-state index in [1.807, 2.05) is 42.5 Å². The monoisotopic (exact) mass is 664 g/mol. The van der Waals surface area contributed by atoms with Gasteiger partial charge in [-0.2, -0.15) is 0 Å². The smallest absolute Gasteiger partial charge is 0.271 e. The summed E-state index contributed by atoms with van der Waals surface area (Å²) in [4.78, 5) is 39.7. The highest BCUT2D eigenvalue weighted by atomic mass is 79.9. The molecule has 43 heavy (non-hydrogen) atoms. The number of hydrogen-bond acceptors (Lipinski definition) is 6. The van der Waals surface area contributed by atoms with Gasteiger partial charge >= 0.3 is 0 Å². The molecule has 0 aromatic heterocycles. The second-order valence-electron chi connectivity index (χ2n) is 9.57. The van der Waals surface area contributed by atoms with Crippen LogP contribution in [0, 0.1) is 10.1 Å². The number of anilines is 1. The van der Waals surface area contributed by atoms with Crippen LogP contribution in [-0.4, -0.2) is 49.7 Å². The Morgan fingerprint density at radius 1 is 0.884 bits per heavy atom. The van der Waals surface area contributed by atoms with Crippen molar-refractivity contribution in [2.75, 3.05) is 17.9 Å². The van der Waals surface area contributed by atoms with Crippen molar-refractivity contribution in [1.29, 1.82) is 0 Å². The van der Waals surface area contributed by atoms with E-state index in [0.29, 0.717) is 5.56 Å². The zero-order valence-electron chi connectivity index (χ0n) is 23.2. The van der Waals surface area contributed by atoms with E-state index in [9.17, 15) is 28.1 Å². The summed E-state index contributed by atoms with van der Waals surface area (Å²) in [5.41, 5.74) is 1.11. The molecule has 1 atom stereocenters. The largest absolute Gasteiger partial charge is 0.357 e. The van der Waals surface area contributed by atoms with Crippen molar-refractivity contribution in [2.24, 2.45) is 0 Å². The standard InChI is InChI=1S/C31H29BrN4O6S/c1-33-31(38)29(19-23-10-4-2-5-11-23)34(21-24-12-8-13-25(32)18-24)30(37)22-35(26-14-9-15-27(20-26)36(39)40)43(41,42)28-16-6-3-7-17-28/h2-18,20,29H,19,21-22H2,1H3,(H,33,38). The summed E-state index contributed by atoms with van der Waals surface area (Å²) < 4.78 is 29.5. The maximum Gasteiger partial charge on any atom is 0.271 e. The summed E-state index contributed by atoms with van der Waals surface area (Å²) in [6.45, 7) is -0.716. The first-order valence-electron chi connectivity index (χ1n) is 13.2. The van der Waals surface area contributed by atoms with Crippen molar-refractivity contribution in [3.63, 3.8) is 0 Å². The topological polar surface area (TPSA) is 130 Å². The molecule has 0 fully saturated rings. The number of nitrogens with zero attached hydrogens (tertiary/aromatic N) is 3. The minimum atomic E-state index is -4.36. The number of halogens is 1. The van der Waals surface area contributed by atoms with E-state index in [-0.39, 0.29) is 29.2 Å². The maximum atomic E-state index is 14.3. The summed E-state index contributed by atoms with van der Waals surface area (Å²) in [6, 6.07) is 28.0. The molecule has 222 valence electrons. The van der Waals surface area contributed by atoms with Gasteiger partial charge < -0.3 is 10.2 Å². The molecule has 0 aliphatic carbocycles. The lowest BCUT2D eigenvalue weighted by atomic mass is 10.0. The molecule has 12 heteroatoms. The zero-order chi connectivity index (χ0) is 31.0. The molecule has 0 heterocycles. The van der Waals surface area contributed by atoms with E-state index >= 15 is 0 Å². The number of benzene rings is 4. The Hall–Kier alpha value is -4.55. The van der Waals surface area contributed by atoms with Crippen LogP contribution in [0.15, 0.2) is 119 Å². The van der Waals surface area contributed by atoms with Gasteiger partial charge in [0.25, 0.3) is 15.7 Å². The minimum Gasteiger partial charge on any atom is -0.357 e. The number of nitro groups is 1. The highest BCUT2D eigenvalue weighted by Crippen LogP contribution is 2.28. The number of likely N-dealkylation sites (N-methyl/N-ethyl adjacent to an activating group) is 1. The van der Waals surface area contributed by atoms with Gasteiger partial charge in [-0.05, 0) is 41.5 Å². The van der Waals surface area contributed by atoms with Gasteiger partial charge in [0.2, 0.25) is 11.8 Å². The molecule has 4 rings (SSSR count). The summed E-state index contributed by atoms with van der Waals surface area (Å²) >= 11 is 3.44. The molecule has 1 N–H and O–H groups in total. The van der Waals surface area contributed by atoms with Gasteiger partial charge in [0, 0.05) is 36.6 Å². The Kier molecular flexibility index (Phi) is 10.3. The molecular formula is C31H29BrN4O6S. The molecule has 0 spiro atoms. The highest BCUT2D eigenvalue weighted by molar-refractivity contribution is 9.10. The van der Waals surface area contributed by atoms with Crippen molar-refractivity contribution in [3.8, 4) is 0 Å². The molecule has 0 aliphatic heterocycles. The number of nitrogens with one attached hydrogen (secondary N) is 1. The Bertz CT molecular complexity index is 1700. The van der Waals surface area contributed by atoms with Gasteiger partial charge in [-0.3, -0.25) is 24.0 Å². The second kappa shape index (κ2) is 14.1. The average Bonchev–Trinajstić information content (AvgIpc) is 3.02. The maximum absolute atomic E-state index is 14.3. The Morgan fingerprint density at radius 2 is 1.51 bits per heavy atom. The fourth-order valence-electron chi connectivity index (χ4n) is 4.56. The van der Waals surface area contributed by atoms with E-state index in [4.69, 9.17) is 0 Å². The number of rotatable bonds is 12. The van der Waals surface area contributed by atoms with Gasteiger partial charge in [-0.1, -0.05) is 82.7 Å². The summed E-state index contributed by atoms with van der Waals surface area (Å²) in [5.74, 6) is -1.10. The second-order valence-corrected chi connectivity index (χ2v) is 12.4. The highest BCUT2D eigenvalue weighted by Gasteiger charge is 2.34. The fraction of sp³-hybridized carbons (Fsp3) is 0.161. The predicted molar refractivity (Wildman–Crippen MR) is 167 cm³/mol. The third-order valence-corrected chi connectivity index (χ3v) is 8.98. The number of nitro benzene ring substituents is 1. The summed E-state index contributed by atoms with van der Waals surface area (Å²) in [7, 11) is -2.89. The predicted octanol–water partition coefficient (Wildman–Crippen LogP) is 4.94. The number of carbonyl (C=O) groups excluding carboxylic acids is 2. The van der Waals surface area contributed by atoms with Crippen LogP contribution in [0.4, 0.5) is 11.4 Å². The van der Waals surface area contributed by atoms with E-state index in [2.05, 4.69) is 21.2 Å². The summed E-state index contributed by atoms with van der Waals surface area (Å²) in [5, 5.41) is 14.2. The Labute approximate surface area is 258 Å². The Morgan fingerprint density at radius 3 is 2.14 bits per heavy atom. The number of hydrogen-bond donors (Lipinski definition) is 1. The van der Waals surface area contributed by atoms with E-state index in [1.54, 1.807) is 30.3 Å². The van der Waals surface area contributed by atoms with Crippen LogP contribution in [0.5, 0.6) is 0 Å². The van der Waals surface area contributed by atoms with Gasteiger partial charge in [-0.15, -0.1) is 0 Å². The first-order chi connectivity index (χ1) is 20.6. The molecule has 0 radical (unpaired) electrons. The van der Waals surface area contributed by atoms with E-state index < -0.39 is 39.3 Å². The van der Waals surface area contributed by atoms with Crippen molar-refractivity contribution in [1.82, 2.24) is 10.2 Å². The SMILES string of the molecule is CNC(=O)C(Cc1ccccc1)N(Cc1cccc(Br)c1)C(=O)CN(c1cccc([N+](=O)[O-])c1)S(=O)(=O)c1ccccc1. The summed E-state index contributed by atoms with van der Waals surface area (Å²) in [6.07, 6.45) is 0.169. The third-order valence-electron chi connectivity index (χ3n) is 6.70. The first-order valence-corrected chi connectivity index (χ1v) is 15.4. The lowest BCUT2D eigenvalue weighted by molar-refractivity contribution is -0.384. The first kappa shape index (κ1) is 31.4. The van der Waals surface area contributed by atoms with E-state index in [1.165, 1.54) is 42.3 Å². The van der Waals surface area contributed by atoms with Crippen LogP contribution in [0.25, 0.3) is 0 Å². The molecule has 0 saturated heterocycles. The molecule has 2 amide bonds. The normalized spacial score (nSPS) is 11.8. The quantitative estimate of drug-likeness (QED) is 0.169. The average molecular weight is 666 g/mol. The van der Waals surface area contributed by atoms with Crippen LogP contribution in [0.1, 0.15) is 11.1 Å². The minimum absolute atomic E-state index is 0.00262. The van der Waals surface area contributed by atoms with Crippen molar-refractivity contribution in [3.05, 3.63) is 135 Å². The van der Waals surface area contributed by atoms with Crippen LogP contribution in [0.3, 0.4) is 0 Å². The number of carbonyl (C=O) groups is 2. The lowest BCUT2D eigenvalue weighted by Gasteiger charge is -2.33. The molecular weight excluding hydrogens is 636 g/mol. The molecule has 10 nitrogen and oxygen atoms in total. The third kappa shape index (κ3) is 7.85. The van der Waals surface area contributed by atoms with Gasteiger partial charge in [-0.25, -0.2) is 8.42 Å². The van der Waals surface area contributed by atoms with Crippen LogP contribution in [-0.2, 0) is 32.6 Å². The van der Waals surface area contributed by atoms with Crippen molar-refractivity contribution >= 4 is 49.1 Å². The number of non-ortho nitro benzene ring substituents is 1. The fourth-order valence-corrected chi connectivity index (χ4v) is 6.44.